The van der Waals surface area contributed by atoms with E-state index < -0.39 is 17.4 Å². The molecule has 3 aromatic rings. The second-order valence-electron chi connectivity index (χ2n) is 4.40. The van der Waals surface area contributed by atoms with Crippen molar-refractivity contribution in [3.05, 3.63) is 65.3 Å². The largest absolute Gasteiger partial charge is 0.323 e. The van der Waals surface area contributed by atoms with Crippen molar-refractivity contribution in [1.82, 2.24) is 9.55 Å². The predicted octanol–water partition coefficient (Wildman–Crippen LogP) is 3.77. The van der Waals surface area contributed by atoms with Crippen molar-refractivity contribution in [3.63, 3.8) is 0 Å². The van der Waals surface area contributed by atoms with Crippen LogP contribution < -0.4 is 0 Å². The molecule has 106 valence electrons. The molecule has 0 aliphatic heterocycles. The van der Waals surface area contributed by atoms with E-state index in [-0.39, 0.29) is 12.1 Å². The maximum Gasteiger partial charge on any atom is 0.185 e. The lowest BCUT2D eigenvalue weighted by Crippen LogP contribution is -2.12. The first-order valence-corrected chi connectivity index (χ1v) is 7.06. The maximum absolute atomic E-state index is 13.6. The van der Waals surface area contributed by atoms with Crippen LogP contribution >= 0.6 is 11.3 Å². The van der Waals surface area contributed by atoms with Gasteiger partial charge in [0, 0.05) is 18.5 Å². The molecule has 0 unspecified atom stereocenters. The third-order valence-electron chi connectivity index (χ3n) is 3.00. The number of hydrogen-bond acceptors (Lipinski definition) is 3. The van der Waals surface area contributed by atoms with E-state index in [1.165, 1.54) is 11.3 Å². The van der Waals surface area contributed by atoms with Gasteiger partial charge in [-0.25, -0.2) is 13.8 Å². The summed E-state index contributed by atoms with van der Waals surface area (Å²) in [5.74, 6) is -1.33. The van der Waals surface area contributed by atoms with Crippen LogP contribution in [-0.2, 0) is 6.54 Å². The van der Waals surface area contributed by atoms with Crippen molar-refractivity contribution in [1.29, 1.82) is 0 Å². The molecule has 21 heavy (non-hydrogen) atoms. The van der Waals surface area contributed by atoms with Crippen molar-refractivity contribution in [2.75, 3.05) is 0 Å². The lowest BCUT2D eigenvalue weighted by Gasteiger charge is -2.07. The third-order valence-corrected chi connectivity index (χ3v) is 3.87. The molecule has 0 fully saturated rings. The van der Waals surface area contributed by atoms with E-state index in [4.69, 9.17) is 0 Å². The molecule has 0 spiro atoms. The Bertz CT molecular complexity index is 781. The Morgan fingerprint density at radius 1 is 1.29 bits per heavy atom. The van der Waals surface area contributed by atoms with Gasteiger partial charge in [-0.15, -0.1) is 11.3 Å². The molecule has 2 heterocycles. The molecule has 3 nitrogen and oxygen atoms in total. The molecule has 0 N–H and O–H groups in total. The Morgan fingerprint density at radius 2 is 2.14 bits per heavy atom. The number of thiophene rings is 1. The highest BCUT2D eigenvalue weighted by molar-refractivity contribution is 7.13. The summed E-state index contributed by atoms with van der Waals surface area (Å²) in [5, 5.41) is 1.91. The number of halogens is 2. The van der Waals surface area contributed by atoms with Crippen LogP contribution in [0.3, 0.4) is 0 Å². The summed E-state index contributed by atoms with van der Waals surface area (Å²) >= 11 is 1.50. The number of ketones is 1. The number of carbonyl (C=O) groups is 1. The van der Waals surface area contributed by atoms with Crippen molar-refractivity contribution in [2.24, 2.45) is 0 Å². The van der Waals surface area contributed by atoms with Gasteiger partial charge in [-0.3, -0.25) is 4.79 Å². The summed E-state index contributed by atoms with van der Waals surface area (Å²) in [6, 6.07) is 6.73. The minimum atomic E-state index is -0.849. The number of aromatic nitrogens is 2. The van der Waals surface area contributed by atoms with E-state index in [1.807, 2.05) is 17.5 Å². The summed E-state index contributed by atoms with van der Waals surface area (Å²) in [5.41, 5.74) is -0.123. The zero-order chi connectivity index (χ0) is 14.8. The van der Waals surface area contributed by atoms with Gasteiger partial charge >= 0.3 is 0 Å². The molecule has 0 radical (unpaired) electrons. The number of rotatable bonds is 4. The van der Waals surface area contributed by atoms with Crippen molar-refractivity contribution >= 4 is 17.1 Å². The zero-order valence-electron chi connectivity index (χ0n) is 10.8. The first-order chi connectivity index (χ1) is 10.1. The topological polar surface area (TPSA) is 34.9 Å². The van der Waals surface area contributed by atoms with Gasteiger partial charge < -0.3 is 4.57 Å². The molecule has 0 atom stereocenters. The number of benzene rings is 1. The highest BCUT2D eigenvalue weighted by atomic mass is 32.1. The number of carbonyl (C=O) groups excluding carboxylic acids is 1. The van der Waals surface area contributed by atoms with Crippen LogP contribution in [-0.4, -0.2) is 15.3 Å². The fourth-order valence-electron chi connectivity index (χ4n) is 2.02. The fourth-order valence-corrected chi connectivity index (χ4v) is 2.76. The van der Waals surface area contributed by atoms with E-state index in [1.54, 1.807) is 17.0 Å². The summed E-state index contributed by atoms with van der Waals surface area (Å²) in [4.78, 5) is 17.3. The standard InChI is InChI=1S/C15H10F2N2OS/c16-10-3-4-11(12(17)8-10)13(20)9-19-6-5-18-15(19)14-2-1-7-21-14/h1-8H,9H2. The Morgan fingerprint density at radius 3 is 2.86 bits per heavy atom. The monoisotopic (exact) mass is 304 g/mol. The van der Waals surface area contributed by atoms with Gasteiger partial charge in [0.15, 0.2) is 5.78 Å². The van der Waals surface area contributed by atoms with Gasteiger partial charge in [-0.05, 0) is 23.6 Å². The molecule has 3 rings (SSSR count). The van der Waals surface area contributed by atoms with Crippen LogP contribution in [0.15, 0.2) is 48.1 Å². The molecule has 2 aromatic heterocycles. The molecular formula is C15H10F2N2OS. The van der Waals surface area contributed by atoms with E-state index in [2.05, 4.69) is 4.98 Å². The van der Waals surface area contributed by atoms with Crippen molar-refractivity contribution < 1.29 is 13.6 Å². The molecule has 0 aliphatic rings. The molecule has 0 bridgehead atoms. The van der Waals surface area contributed by atoms with Crippen LogP contribution in [0, 0.1) is 11.6 Å². The smallest absolute Gasteiger partial charge is 0.185 e. The average molecular weight is 304 g/mol. The Labute approximate surface area is 123 Å². The first kappa shape index (κ1) is 13.6. The zero-order valence-corrected chi connectivity index (χ0v) is 11.6. The molecule has 0 aliphatic carbocycles. The van der Waals surface area contributed by atoms with Crippen molar-refractivity contribution in [3.8, 4) is 10.7 Å². The predicted molar refractivity (Wildman–Crippen MR) is 76.2 cm³/mol. The van der Waals surface area contributed by atoms with Crippen molar-refractivity contribution in [2.45, 2.75) is 6.54 Å². The second kappa shape index (κ2) is 5.57. The number of hydrogen-bond donors (Lipinski definition) is 0. The lowest BCUT2D eigenvalue weighted by molar-refractivity contribution is 0.0968. The number of imidazole rings is 1. The SMILES string of the molecule is O=C(Cn1ccnc1-c1cccs1)c1ccc(F)cc1F. The number of Topliss-reactive ketones (excluding diaryl/α,β-unsaturated/α-hetero) is 1. The van der Waals surface area contributed by atoms with E-state index >= 15 is 0 Å². The fraction of sp³-hybridized carbons (Fsp3) is 0.0667. The molecule has 1 aromatic carbocycles. The second-order valence-corrected chi connectivity index (χ2v) is 5.35. The van der Waals surface area contributed by atoms with E-state index in [9.17, 15) is 13.6 Å². The van der Waals surface area contributed by atoms with Gasteiger partial charge in [-0.2, -0.15) is 0 Å². The summed E-state index contributed by atoms with van der Waals surface area (Å²) in [6.45, 7) is -0.0458. The van der Waals surface area contributed by atoms with Crippen LogP contribution in [0.4, 0.5) is 8.78 Å². The summed E-state index contributed by atoms with van der Waals surface area (Å²) < 4.78 is 28.1. The normalized spacial score (nSPS) is 10.8. The van der Waals surface area contributed by atoms with Gasteiger partial charge in [0.05, 0.1) is 17.0 Å². The summed E-state index contributed by atoms with van der Waals surface area (Å²) in [7, 11) is 0. The highest BCUT2D eigenvalue weighted by Crippen LogP contribution is 2.23. The van der Waals surface area contributed by atoms with Gasteiger partial charge in [0.2, 0.25) is 0 Å². The maximum atomic E-state index is 13.6. The quantitative estimate of drug-likeness (QED) is 0.688. The van der Waals surface area contributed by atoms with E-state index in [0.717, 1.165) is 17.0 Å². The molecular weight excluding hydrogens is 294 g/mol. The Balaban J connectivity index is 1.87. The van der Waals surface area contributed by atoms with E-state index in [0.29, 0.717) is 11.9 Å². The minimum absolute atomic E-state index is 0.0458. The van der Waals surface area contributed by atoms with Crippen LogP contribution in [0.2, 0.25) is 0 Å². The number of nitrogens with zero attached hydrogens (tertiary/aromatic N) is 2. The van der Waals surface area contributed by atoms with Gasteiger partial charge in [0.25, 0.3) is 0 Å². The summed E-state index contributed by atoms with van der Waals surface area (Å²) in [6.07, 6.45) is 3.25. The van der Waals surface area contributed by atoms with Gasteiger partial charge in [0.1, 0.15) is 17.5 Å². The average Bonchev–Trinajstić information content (AvgIpc) is 3.08. The first-order valence-electron chi connectivity index (χ1n) is 6.18. The lowest BCUT2D eigenvalue weighted by atomic mass is 10.1. The van der Waals surface area contributed by atoms with Gasteiger partial charge in [-0.1, -0.05) is 6.07 Å². The minimum Gasteiger partial charge on any atom is -0.323 e. The Kier molecular flexibility index (Phi) is 3.62. The molecule has 0 saturated carbocycles. The Hall–Kier alpha value is -2.34. The highest BCUT2D eigenvalue weighted by Gasteiger charge is 2.15. The van der Waals surface area contributed by atoms with Crippen LogP contribution in [0.1, 0.15) is 10.4 Å². The molecule has 0 amide bonds. The van der Waals surface area contributed by atoms with Crippen LogP contribution in [0.5, 0.6) is 0 Å². The third kappa shape index (κ3) is 2.75. The molecule has 0 saturated heterocycles. The van der Waals surface area contributed by atoms with Crippen LogP contribution in [0.25, 0.3) is 10.7 Å². The molecule has 6 heteroatoms.